The van der Waals surface area contributed by atoms with Gasteiger partial charge in [0, 0.05) is 37.1 Å². The van der Waals surface area contributed by atoms with Crippen LogP contribution in [0.2, 0.25) is 0 Å². The van der Waals surface area contributed by atoms with Crippen LogP contribution < -0.4 is 5.32 Å². The Morgan fingerprint density at radius 1 is 1.38 bits per heavy atom. The molecule has 24 heavy (non-hydrogen) atoms. The van der Waals surface area contributed by atoms with Crippen LogP contribution in [0.25, 0.3) is 0 Å². The zero-order valence-electron chi connectivity index (χ0n) is 14.5. The van der Waals surface area contributed by atoms with Crippen LogP contribution in [0, 0.1) is 12.8 Å². The molecule has 0 unspecified atom stereocenters. The number of hydrogen-bond donors (Lipinski definition) is 2. The number of piperidine rings is 1. The number of pyridine rings is 1. The van der Waals surface area contributed by atoms with E-state index >= 15 is 0 Å². The Morgan fingerprint density at radius 3 is 2.88 bits per heavy atom. The van der Waals surface area contributed by atoms with E-state index < -0.39 is 0 Å². The van der Waals surface area contributed by atoms with Gasteiger partial charge in [0.05, 0.1) is 6.04 Å². The quantitative estimate of drug-likeness (QED) is 0.905. The van der Waals surface area contributed by atoms with E-state index in [0.29, 0.717) is 17.7 Å². The number of nitrogens with one attached hydrogen (secondary N) is 2. The van der Waals surface area contributed by atoms with Gasteiger partial charge >= 0.3 is 0 Å². The van der Waals surface area contributed by atoms with Crippen molar-refractivity contribution in [3.63, 3.8) is 0 Å². The number of likely N-dealkylation sites (tertiary alicyclic amines) is 1. The minimum absolute atomic E-state index is 0.0104. The molecule has 0 aliphatic carbocycles. The largest absolute Gasteiger partial charge is 0.309 e. The molecular weight excluding hydrogens is 302 g/mol. The first-order valence-electron chi connectivity index (χ1n) is 8.49. The third kappa shape index (κ3) is 3.82. The molecule has 0 aromatic carbocycles. The fourth-order valence-corrected chi connectivity index (χ4v) is 3.37. The summed E-state index contributed by atoms with van der Waals surface area (Å²) < 4.78 is 0. The number of aromatic amines is 1. The Labute approximate surface area is 142 Å². The standard InChI is InChI=1S/C18H25N5O/c1-12-4-5-17(19-9-12)21-18(24)14(3)23-10-13(2)8-15(11-23)16-6-7-20-22-16/h4-7,9,13-15H,8,10-11H2,1-3H3,(H,20,22)(H,19,21,24)/t13-,14+,15-/m1/s1. The van der Waals surface area contributed by atoms with Crippen molar-refractivity contribution in [2.45, 2.75) is 39.2 Å². The number of amides is 1. The van der Waals surface area contributed by atoms with Gasteiger partial charge in [0.25, 0.3) is 0 Å². The lowest BCUT2D eigenvalue weighted by Gasteiger charge is -2.38. The van der Waals surface area contributed by atoms with Crippen LogP contribution in [0.5, 0.6) is 0 Å². The van der Waals surface area contributed by atoms with Gasteiger partial charge in [0.15, 0.2) is 0 Å². The molecule has 1 saturated heterocycles. The van der Waals surface area contributed by atoms with Crippen molar-refractivity contribution in [1.82, 2.24) is 20.1 Å². The van der Waals surface area contributed by atoms with Gasteiger partial charge in [-0.05, 0) is 43.9 Å². The zero-order chi connectivity index (χ0) is 17.1. The molecule has 0 spiro atoms. The van der Waals surface area contributed by atoms with E-state index in [4.69, 9.17) is 0 Å². The smallest absolute Gasteiger partial charge is 0.242 e. The highest BCUT2D eigenvalue weighted by Crippen LogP contribution is 2.30. The number of nitrogens with zero attached hydrogens (tertiary/aromatic N) is 3. The lowest BCUT2D eigenvalue weighted by Crippen LogP contribution is -2.48. The summed E-state index contributed by atoms with van der Waals surface area (Å²) in [6.07, 6.45) is 4.67. The summed E-state index contributed by atoms with van der Waals surface area (Å²) in [6, 6.07) is 5.62. The van der Waals surface area contributed by atoms with E-state index in [1.165, 1.54) is 0 Å². The van der Waals surface area contributed by atoms with Crippen molar-refractivity contribution in [3.8, 4) is 0 Å². The monoisotopic (exact) mass is 327 g/mol. The second-order valence-electron chi connectivity index (χ2n) is 6.89. The molecule has 1 aliphatic heterocycles. The van der Waals surface area contributed by atoms with E-state index in [0.717, 1.165) is 30.8 Å². The van der Waals surface area contributed by atoms with Gasteiger partial charge in [-0.3, -0.25) is 14.8 Å². The van der Waals surface area contributed by atoms with Crippen LogP contribution in [0.1, 0.15) is 37.4 Å². The van der Waals surface area contributed by atoms with Gasteiger partial charge in [-0.25, -0.2) is 4.98 Å². The molecule has 2 aromatic heterocycles. The molecule has 1 amide bonds. The molecule has 3 atom stereocenters. The van der Waals surface area contributed by atoms with E-state index in [1.54, 1.807) is 12.4 Å². The molecule has 0 radical (unpaired) electrons. The fraction of sp³-hybridized carbons (Fsp3) is 0.500. The highest BCUT2D eigenvalue weighted by atomic mass is 16.2. The van der Waals surface area contributed by atoms with Gasteiger partial charge in [-0.1, -0.05) is 13.0 Å². The Hall–Kier alpha value is -2.21. The fourth-order valence-electron chi connectivity index (χ4n) is 3.37. The van der Waals surface area contributed by atoms with Crippen LogP contribution in [-0.4, -0.2) is 45.1 Å². The molecule has 1 fully saturated rings. The van der Waals surface area contributed by atoms with Crippen LogP contribution in [0.3, 0.4) is 0 Å². The summed E-state index contributed by atoms with van der Waals surface area (Å²) in [5.41, 5.74) is 2.23. The van der Waals surface area contributed by atoms with Gasteiger partial charge in [0.1, 0.15) is 5.82 Å². The minimum atomic E-state index is -0.193. The number of H-pyrrole nitrogens is 1. The van der Waals surface area contributed by atoms with Crippen molar-refractivity contribution < 1.29 is 4.79 Å². The minimum Gasteiger partial charge on any atom is -0.309 e. The number of aromatic nitrogens is 3. The van der Waals surface area contributed by atoms with Crippen LogP contribution in [0.15, 0.2) is 30.6 Å². The second-order valence-corrected chi connectivity index (χ2v) is 6.89. The Kier molecular flexibility index (Phi) is 4.94. The third-order valence-corrected chi connectivity index (χ3v) is 4.74. The Morgan fingerprint density at radius 2 is 2.21 bits per heavy atom. The van der Waals surface area contributed by atoms with Crippen molar-refractivity contribution >= 4 is 11.7 Å². The maximum absolute atomic E-state index is 12.6. The van der Waals surface area contributed by atoms with Crippen molar-refractivity contribution in [2.75, 3.05) is 18.4 Å². The average Bonchev–Trinajstić information content (AvgIpc) is 3.10. The first-order chi connectivity index (χ1) is 11.5. The van der Waals surface area contributed by atoms with Crippen molar-refractivity contribution in [2.24, 2.45) is 5.92 Å². The Bertz CT molecular complexity index is 667. The second kappa shape index (κ2) is 7.13. The zero-order valence-corrected chi connectivity index (χ0v) is 14.5. The summed E-state index contributed by atoms with van der Waals surface area (Å²) >= 11 is 0. The van der Waals surface area contributed by atoms with E-state index in [1.807, 2.05) is 32.0 Å². The predicted octanol–water partition coefficient (Wildman–Crippen LogP) is 2.57. The van der Waals surface area contributed by atoms with Gasteiger partial charge < -0.3 is 5.32 Å². The number of carbonyl (C=O) groups excluding carboxylic acids is 1. The lowest BCUT2D eigenvalue weighted by atomic mass is 9.87. The molecule has 6 nitrogen and oxygen atoms in total. The molecule has 128 valence electrons. The Balaban J connectivity index is 1.65. The van der Waals surface area contributed by atoms with E-state index in [9.17, 15) is 4.79 Å². The van der Waals surface area contributed by atoms with Gasteiger partial charge in [0.2, 0.25) is 5.91 Å². The van der Waals surface area contributed by atoms with Crippen LogP contribution in [-0.2, 0) is 4.79 Å². The van der Waals surface area contributed by atoms with Crippen LogP contribution in [0.4, 0.5) is 5.82 Å². The van der Waals surface area contributed by atoms with E-state index in [2.05, 4.69) is 32.3 Å². The molecule has 0 bridgehead atoms. The number of carbonyl (C=O) groups is 1. The summed E-state index contributed by atoms with van der Waals surface area (Å²) in [4.78, 5) is 19.1. The summed E-state index contributed by atoms with van der Waals surface area (Å²) in [5, 5.41) is 10.1. The SMILES string of the molecule is Cc1ccc(NC(=O)[C@H](C)N2C[C@H](C)C[C@@H](c3ccn[nH]3)C2)nc1. The topological polar surface area (TPSA) is 73.9 Å². The summed E-state index contributed by atoms with van der Waals surface area (Å²) in [5.74, 6) is 1.53. The summed E-state index contributed by atoms with van der Waals surface area (Å²) in [6.45, 7) is 7.97. The van der Waals surface area contributed by atoms with Gasteiger partial charge in [-0.2, -0.15) is 5.10 Å². The maximum Gasteiger partial charge on any atom is 0.242 e. The number of aryl methyl sites for hydroxylation is 1. The highest BCUT2D eigenvalue weighted by molar-refractivity contribution is 5.93. The third-order valence-electron chi connectivity index (χ3n) is 4.74. The molecule has 2 N–H and O–H groups in total. The normalized spacial score (nSPS) is 23.0. The number of anilines is 1. The molecule has 3 heterocycles. The van der Waals surface area contributed by atoms with Crippen LogP contribution >= 0.6 is 0 Å². The lowest BCUT2D eigenvalue weighted by molar-refractivity contribution is -0.121. The van der Waals surface area contributed by atoms with E-state index in [-0.39, 0.29) is 11.9 Å². The maximum atomic E-state index is 12.6. The van der Waals surface area contributed by atoms with Crippen molar-refractivity contribution in [1.29, 1.82) is 0 Å². The molecule has 3 rings (SSSR count). The molecule has 6 heteroatoms. The molecule has 1 aliphatic rings. The van der Waals surface area contributed by atoms with Crippen molar-refractivity contribution in [3.05, 3.63) is 41.9 Å². The molecular formula is C18H25N5O. The predicted molar refractivity (Wildman–Crippen MR) is 93.7 cm³/mol. The molecule has 2 aromatic rings. The molecule has 0 saturated carbocycles. The number of rotatable bonds is 4. The summed E-state index contributed by atoms with van der Waals surface area (Å²) in [7, 11) is 0. The first-order valence-corrected chi connectivity index (χ1v) is 8.49. The van der Waals surface area contributed by atoms with Gasteiger partial charge in [-0.15, -0.1) is 0 Å². The first kappa shape index (κ1) is 16.6. The highest BCUT2D eigenvalue weighted by Gasteiger charge is 2.31. The number of hydrogen-bond acceptors (Lipinski definition) is 4. The average molecular weight is 327 g/mol.